The van der Waals surface area contributed by atoms with Crippen molar-refractivity contribution in [2.75, 3.05) is 24.0 Å². The molecule has 1 aromatic heterocycles. The Bertz CT molecular complexity index is 365. The van der Waals surface area contributed by atoms with Crippen LogP contribution in [0.1, 0.15) is 32.5 Å². The van der Waals surface area contributed by atoms with Gasteiger partial charge in [0.2, 0.25) is 0 Å². The van der Waals surface area contributed by atoms with Gasteiger partial charge in [-0.15, -0.1) is 0 Å². The van der Waals surface area contributed by atoms with Crippen LogP contribution >= 0.6 is 0 Å². The topological polar surface area (TPSA) is 59.2 Å². The Balaban J connectivity index is 2.71. The van der Waals surface area contributed by atoms with Gasteiger partial charge in [-0.05, 0) is 6.92 Å². The van der Waals surface area contributed by atoms with E-state index in [9.17, 15) is 4.21 Å². The van der Waals surface area contributed by atoms with Gasteiger partial charge in [0.1, 0.15) is 0 Å². The molecule has 0 unspecified atom stereocenters. The third kappa shape index (κ3) is 3.30. The van der Waals surface area contributed by atoms with Gasteiger partial charge in [0.15, 0.2) is 5.82 Å². The van der Waals surface area contributed by atoms with Crippen molar-refractivity contribution in [1.82, 2.24) is 10.1 Å². The third-order valence-corrected chi connectivity index (χ3v) is 3.34. The Morgan fingerprint density at radius 1 is 1.44 bits per heavy atom. The average Bonchev–Trinajstić information content (AvgIpc) is 2.64. The first-order chi connectivity index (χ1) is 7.41. The quantitative estimate of drug-likeness (QED) is 0.784. The van der Waals surface area contributed by atoms with E-state index in [2.05, 4.69) is 10.1 Å². The minimum atomic E-state index is -0.824. The summed E-state index contributed by atoms with van der Waals surface area (Å²) in [6.07, 6.45) is 1.69. The SMILES string of the molecule is CC(C)c1noc(N(C)[C@H](C)C[S@](C)=O)n1. The largest absolute Gasteiger partial charge is 0.324 e. The minimum absolute atomic E-state index is 0.117. The zero-order chi connectivity index (χ0) is 12.3. The van der Waals surface area contributed by atoms with Crippen LogP contribution in [-0.4, -0.2) is 39.4 Å². The van der Waals surface area contributed by atoms with Gasteiger partial charge in [-0.3, -0.25) is 4.21 Å². The summed E-state index contributed by atoms with van der Waals surface area (Å²) in [7, 11) is 1.05. The molecule has 1 rings (SSSR count). The lowest BCUT2D eigenvalue weighted by molar-refractivity contribution is 0.403. The Kier molecular flexibility index (Phi) is 4.46. The zero-order valence-corrected chi connectivity index (χ0v) is 11.2. The third-order valence-electron chi connectivity index (χ3n) is 2.39. The van der Waals surface area contributed by atoms with Crippen LogP contribution < -0.4 is 4.90 Å². The van der Waals surface area contributed by atoms with Crippen molar-refractivity contribution in [3.8, 4) is 0 Å². The second-order valence-corrected chi connectivity index (χ2v) is 5.77. The summed E-state index contributed by atoms with van der Waals surface area (Å²) in [6.45, 7) is 6.01. The predicted molar refractivity (Wildman–Crippen MR) is 65.2 cm³/mol. The first-order valence-corrected chi connectivity index (χ1v) is 7.01. The van der Waals surface area contributed by atoms with Crippen LogP contribution in [0.15, 0.2) is 4.52 Å². The van der Waals surface area contributed by atoms with Gasteiger partial charge in [0.25, 0.3) is 0 Å². The molecular formula is C10H19N3O2S. The molecule has 0 bridgehead atoms. The highest BCUT2D eigenvalue weighted by Crippen LogP contribution is 2.17. The van der Waals surface area contributed by atoms with Crippen LogP contribution in [-0.2, 0) is 10.8 Å². The molecule has 5 nitrogen and oxygen atoms in total. The number of rotatable bonds is 5. The van der Waals surface area contributed by atoms with Gasteiger partial charge in [-0.1, -0.05) is 19.0 Å². The Hall–Kier alpha value is -0.910. The molecule has 0 aliphatic heterocycles. The van der Waals surface area contributed by atoms with E-state index in [1.165, 1.54) is 0 Å². The standard InChI is InChI=1S/C10H19N3O2S/c1-7(2)9-11-10(15-12-9)13(4)8(3)6-16(5)14/h7-8H,6H2,1-5H3/t8-,16+/m1/s1. The Morgan fingerprint density at radius 2 is 2.06 bits per heavy atom. The molecule has 2 atom stereocenters. The molecule has 0 spiro atoms. The lowest BCUT2D eigenvalue weighted by Crippen LogP contribution is -2.33. The molecular weight excluding hydrogens is 226 g/mol. The van der Waals surface area contributed by atoms with Crippen LogP contribution in [0.2, 0.25) is 0 Å². The van der Waals surface area contributed by atoms with Crippen molar-refractivity contribution in [1.29, 1.82) is 0 Å². The summed E-state index contributed by atoms with van der Waals surface area (Å²) < 4.78 is 16.3. The lowest BCUT2D eigenvalue weighted by Gasteiger charge is -2.21. The molecule has 0 radical (unpaired) electrons. The summed E-state index contributed by atoms with van der Waals surface area (Å²) in [6, 6.07) is 0.605. The van der Waals surface area contributed by atoms with E-state index in [0.29, 0.717) is 17.6 Å². The second-order valence-electron chi connectivity index (χ2n) is 4.29. The van der Waals surface area contributed by atoms with E-state index in [-0.39, 0.29) is 12.0 Å². The van der Waals surface area contributed by atoms with Crippen LogP contribution in [0.3, 0.4) is 0 Å². The highest BCUT2D eigenvalue weighted by molar-refractivity contribution is 7.84. The molecule has 0 N–H and O–H groups in total. The van der Waals surface area contributed by atoms with Gasteiger partial charge in [0.05, 0.1) is 0 Å². The van der Waals surface area contributed by atoms with E-state index >= 15 is 0 Å². The molecule has 0 aliphatic carbocycles. The summed E-state index contributed by atoms with van der Waals surface area (Å²) >= 11 is 0. The fourth-order valence-corrected chi connectivity index (χ4v) is 2.15. The van der Waals surface area contributed by atoms with Gasteiger partial charge in [0, 0.05) is 41.8 Å². The second kappa shape index (κ2) is 5.43. The average molecular weight is 245 g/mol. The fourth-order valence-electron chi connectivity index (χ4n) is 1.24. The van der Waals surface area contributed by atoms with Crippen molar-refractivity contribution in [2.24, 2.45) is 0 Å². The maximum Gasteiger partial charge on any atom is 0.324 e. The number of nitrogens with zero attached hydrogens (tertiary/aromatic N) is 3. The first-order valence-electron chi connectivity index (χ1n) is 5.28. The van der Waals surface area contributed by atoms with Gasteiger partial charge in [-0.2, -0.15) is 4.98 Å². The number of aromatic nitrogens is 2. The van der Waals surface area contributed by atoms with Crippen LogP contribution in [0.5, 0.6) is 0 Å². The molecule has 0 aliphatic rings. The van der Waals surface area contributed by atoms with Crippen molar-refractivity contribution < 1.29 is 8.73 Å². The molecule has 16 heavy (non-hydrogen) atoms. The molecule has 0 fully saturated rings. The summed E-state index contributed by atoms with van der Waals surface area (Å²) in [5.41, 5.74) is 0. The minimum Gasteiger partial charge on any atom is -0.324 e. The summed E-state index contributed by atoms with van der Waals surface area (Å²) in [5, 5.41) is 3.89. The van der Waals surface area contributed by atoms with Crippen LogP contribution in [0, 0.1) is 0 Å². The van der Waals surface area contributed by atoms with E-state index in [1.54, 1.807) is 6.26 Å². The van der Waals surface area contributed by atoms with Crippen molar-refractivity contribution >= 4 is 16.8 Å². The molecule has 1 heterocycles. The highest BCUT2D eigenvalue weighted by atomic mass is 32.2. The highest BCUT2D eigenvalue weighted by Gasteiger charge is 2.18. The van der Waals surface area contributed by atoms with Gasteiger partial charge in [-0.25, -0.2) is 0 Å². The van der Waals surface area contributed by atoms with E-state index < -0.39 is 10.8 Å². The summed E-state index contributed by atoms with van der Waals surface area (Å²) in [4.78, 5) is 6.15. The van der Waals surface area contributed by atoms with Crippen molar-refractivity contribution in [3.05, 3.63) is 5.82 Å². The monoisotopic (exact) mass is 245 g/mol. The van der Waals surface area contributed by atoms with Crippen molar-refractivity contribution in [2.45, 2.75) is 32.7 Å². The molecule has 0 aromatic carbocycles. The maximum absolute atomic E-state index is 11.1. The molecule has 92 valence electrons. The fraction of sp³-hybridized carbons (Fsp3) is 0.800. The first kappa shape index (κ1) is 13.2. The predicted octanol–water partition coefficient (Wildman–Crippen LogP) is 1.40. The van der Waals surface area contributed by atoms with E-state index in [4.69, 9.17) is 4.52 Å². The lowest BCUT2D eigenvalue weighted by atomic mass is 10.2. The van der Waals surface area contributed by atoms with Crippen LogP contribution in [0.4, 0.5) is 6.01 Å². The van der Waals surface area contributed by atoms with Crippen molar-refractivity contribution in [3.63, 3.8) is 0 Å². The molecule has 1 aromatic rings. The molecule has 0 saturated heterocycles. The number of anilines is 1. The number of hydrogen-bond donors (Lipinski definition) is 0. The summed E-state index contributed by atoms with van der Waals surface area (Å²) in [5.74, 6) is 1.55. The van der Waals surface area contributed by atoms with E-state index in [0.717, 1.165) is 0 Å². The molecule has 6 heteroatoms. The smallest absolute Gasteiger partial charge is 0.324 e. The maximum atomic E-state index is 11.1. The zero-order valence-electron chi connectivity index (χ0n) is 10.4. The Labute approximate surface area is 98.7 Å². The normalized spacial score (nSPS) is 15.1. The Morgan fingerprint density at radius 3 is 2.50 bits per heavy atom. The van der Waals surface area contributed by atoms with E-state index in [1.807, 2.05) is 32.7 Å². The van der Waals surface area contributed by atoms with Gasteiger partial charge < -0.3 is 9.42 Å². The molecule has 0 amide bonds. The van der Waals surface area contributed by atoms with Gasteiger partial charge >= 0.3 is 6.01 Å². The number of hydrogen-bond acceptors (Lipinski definition) is 5. The molecule has 0 saturated carbocycles. The van der Waals surface area contributed by atoms with Crippen LogP contribution in [0.25, 0.3) is 0 Å².